The molecular formula is C12H24N4. The second-order valence-electron chi connectivity index (χ2n) is 5.62. The minimum atomic E-state index is 0.219. The summed E-state index contributed by atoms with van der Waals surface area (Å²) in [4.78, 5) is 4.36. The van der Waals surface area contributed by atoms with Crippen LogP contribution in [0.4, 0.5) is 0 Å². The second kappa shape index (κ2) is 5.43. The number of nitrogens with one attached hydrogen (secondary N) is 1. The number of rotatable bonds is 6. The van der Waals surface area contributed by atoms with E-state index in [4.69, 9.17) is 0 Å². The van der Waals surface area contributed by atoms with Crippen LogP contribution in [-0.2, 0) is 13.0 Å². The minimum absolute atomic E-state index is 0.219. The maximum Gasteiger partial charge on any atom is 0.138 e. The first-order valence-corrected chi connectivity index (χ1v) is 5.96. The van der Waals surface area contributed by atoms with E-state index in [1.54, 1.807) is 6.33 Å². The number of nitrogens with zero attached hydrogens (tertiary/aromatic N) is 3. The summed E-state index contributed by atoms with van der Waals surface area (Å²) < 4.78 is 2.03. The van der Waals surface area contributed by atoms with Crippen molar-refractivity contribution in [3.05, 3.63) is 12.2 Å². The smallest absolute Gasteiger partial charge is 0.138 e. The molecule has 92 valence electrons. The Hall–Kier alpha value is -0.900. The minimum Gasteiger partial charge on any atom is -0.319 e. The van der Waals surface area contributed by atoms with Gasteiger partial charge in [0.1, 0.15) is 12.2 Å². The van der Waals surface area contributed by atoms with E-state index < -0.39 is 0 Å². The van der Waals surface area contributed by atoms with Crippen LogP contribution in [0, 0.1) is 11.3 Å². The summed E-state index contributed by atoms with van der Waals surface area (Å²) in [6, 6.07) is 0. The molecule has 0 amide bonds. The normalized spacial score (nSPS) is 12.4. The van der Waals surface area contributed by atoms with Crippen molar-refractivity contribution < 1.29 is 0 Å². The average Bonchev–Trinajstić information content (AvgIpc) is 2.50. The standard InChI is InChI=1S/C12H24N4/c1-10(2)7-16-11(14-9-15-16)6-12(3,4)8-13-5/h9-10,13H,6-8H2,1-5H3. The van der Waals surface area contributed by atoms with Crippen molar-refractivity contribution in [2.45, 2.75) is 40.7 Å². The van der Waals surface area contributed by atoms with Crippen molar-refractivity contribution in [2.24, 2.45) is 11.3 Å². The zero-order valence-corrected chi connectivity index (χ0v) is 11.1. The molecule has 0 aliphatic heterocycles. The van der Waals surface area contributed by atoms with Crippen LogP contribution in [0.2, 0.25) is 0 Å². The molecule has 0 unspecified atom stereocenters. The van der Waals surface area contributed by atoms with Crippen LogP contribution >= 0.6 is 0 Å². The Morgan fingerprint density at radius 3 is 2.69 bits per heavy atom. The van der Waals surface area contributed by atoms with Gasteiger partial charge in [0.05, 0.1) is 0 Å². The molecule has 0 radical (unpaired) electrons. The predicted octanol–water partition coefficient (Wildman–Crippen LogP) is 1.72. The van der Waals surface area contributed by atoms with Gasteiger partial charge in [-0.25, -0.2) is 9.67 Å². The highest BCUT2D eigenvalue weighted by Gasteiger charge is 2.20. The summed E-state index contributed by atoms with van der Waals surface area (Å²) in [6.45, 7) is 10.8. The Morgan fingerprint density at radius 2 is 2.12 bits per heavy atom. The lowest BCUT2D eigenvalue weighted by atomic mass is 9.89. The fourth-order valence-electron chi connectivity index (χ4n) is 1.89. The molecule has 1 heterocycles. The molecule has 4 nitrogen and oxygen atoms in total. The highest BCUT2D eigenvalue weighted by molar-refractivity contribution is 4.91. The summed E-state index contributed by atoms with van der Waals surface area (Å²) in [6.07, 6.45) is 2.62. The van der Waals surface area contributed by atoms with Crippen LogP contribution in [0.3, 0.4) is 0 Å². The molecule has 1 aromatic heterocycles. The van der Waals surface area contributed by atoms with E-state index in [0.29, 0.717) is 5.92 Å². The van der Waals surface area contributed by atoms with E-state index in [1.807, 2.05) is 11.7 Å². The first-order valence-electron chi connectivity index (χ1n) is 5.96. The topological polar surface area (TPSA) is 42.7 Å². The summed E-state index contributed by atoms with van der Waals surface area (Å²) in [7, 11) is 1.99. The lowest BCUT2D eigenvalue weighted by molar-refractivity contribution is 0.329. The average molecular weight is 224 g/mol. The van der Waals surface area contributed by atoms with E-state index in [1.165, 1.54) is 0 Å². The lowest BCUT2D eigenvalue weighted by Gasteiger charge is -2.23. The Kier molecular flexibility index (Phi) is 4.47. The molecule has 4 heteroatoms. The van der Waals surface area contributed by atoms with E-state index in [0.717, 1.165) is 25.3 Å². The molecule has 0 aliphatic rings. The van der Waals surface area contributed by atoms with Gasteiger partial charge in [-0.05, 0) is 18.4 Å². The number of hydrogen-bond donors (Lipinski definition) is 1. The van der Waals surface area contributed by atoms with Gasteiger partial charge in [-0.15, -0.1) is 0 Å². The Labute approximate surface area is 98.5 Å². The predicted molar refractivity (Wildman–Crippen MR) is 66.3 cm³/mol. The van der Waals surface area contributed by atoms with Gasteiger partial charge in [-0.2, -0.15) is 5.10 Å². The molecule has 0 bridgehead atoms. The molecule has 1 N–H and O–H groups in total. The van der Waals surface area contributed by atoms with Gasteiger partial charge in [-0.3, -0.25) is 0 Å². The van der Waals surface area contributed by atoms with Gasteiger partial charge in [0.25, 0.3) is 0 Å². The van der Waals surface area contributed by atoms with E-state index in [-0.39, 0.29) is 5.41 Å². The van der Waals surface area contributed by atoms with Gasteiger partial charge in [0.2, 0.25) is 0 Å². The maximum atomic E-state index is 4.36. The van der Waals surface area contributed by atoms with Gasteiger partial charge in [-0.1, -0.05) is 27.7 Å². The third kappa shape index (κ3) is 3.93. The van der Waals surface area contributed by atoms with Crippen molar-refractivity contribution in [3.63, 3.8) is 0 Å². The van der Waals surface area contributed by atoms with Gasteiger partial charge in [0, 0.05) is 19.5 Å². The fourth-order valence-corrected chi connectivity index (χ4v) is 1.89. The van der Waals surface area contributed by atoms with Gasteiger partial charge in [0.15, 0.2) is 0 Å². The number of aromatic nitrogens is 3. The van der Waals surface area contributed by atoms with Crippen molar-refractivity contribution in [1.82, 2.24) is 20.1 Å². The Morgan fingerprint density at radius 1 is 1.44 bits per heavy atom. The van der Waals surface area contributed by atoms with Crippen LogP contribution in [0.15, 0.2) is 6.33 Å². The van der Waals surface area contributed by atoms with E-state index >= 15 is 0 Å². The highest BCUT2D eigenvalue weighted by Crippen LogP contribution is 2.19. The largest absolute Gasteiger partial charge is 0.319 e. The molecule has 0 atom stereocenters. The highest BCUT2D eigenvalue weighted by atomic mass is 15.3. The SMILES string of the molecule is CNCC(C)(C)Cc1ncnn1CC(C)C. The Balaban J connectivity index is 2.69. The molecule has 0 aromatic carbocycles. The molecule has 0 spiro atoms. The molecule has 0 saturated carbocycles. The molecule has 1 aromatic rings. The van der Waals surface area contributed by atoms with Crippen LogP contribution in [0.5, 0.6) is 0 Å². The first kappa shape index (κ1) is 13.2. The Bertz CT molecular complexity index is 315. The van der Waals surface area contributed by atoms with E-state index in [2.05, 4.69) is 43.1 Å². The molecular weight excluding hydrogens is 200 g/mol. The lowest BCUT2D eigenvalue weighted by Crippen LogP contribution is -2.30. The third-order valence-corrected chi connectivity index (χ3v) is 2.53. The monoisotopic (exact) mass is 224 g/mol. The quantitative estimate of drug-likeness (QED) is 0.800. The van der Waals surface area contributed by atoms with E-state index in [9.17, 15) is 0 Å². The zero-order valence-electron chi connectivity index (χ0n) is 11.1. The number of hydrogen-bond acceptors (Lipinski definition) is 3. The summed E-state index contributed by atoms with van der Waals surface area (Å²) >= 11 is 0. The summed E-state index contributed by atoms with van der Waals surface area (Å²) in [5.41, 5.74) is 0.219. The maximum absolute atomic E-state index is 4.36. The fraction of sp³-hybridized carbons (Fsp3) is 0.833. The van der Waals surface area contributed by atoms with Gasteiger partial charge < -0.3 is 5.32 Å². The van der Waals surface area contributed by atoms with Crippen molar-refractivity contribution in [3.8, 4) is 0 Å². The van der Waals surface area contributed by atoms with Crippen LogP contribution in [0.1, 0.15) is 33.5 Å². The first-order chi connectivity index (χ1) is 7.44. The molecule has 16 heavy (non-hydrogen) atoms. The van der Waals surface area contributed by atoms with Crippen molar-refractivity contribution >= 4 is 0 Å². The van der Waals surface area contributed by atoms with Crippen LogP contribution in [0.25, 0.3) is 0 Å². The molecule has 1 rings (SSSR count). The summed E-state index contributed by atoms with van der Waals surface area (Å²) in [5, 5.41) is 7.51. The zero-order chi connectivity index (χ0) is 12.2. The van der Waals surface area contributed by atoms with Crippen molar-refractivity contribution in [2.75, 3.05) is 13.6 Å². The van der Waals surface area contributed by atoms with Crippen LogP contribution < -0.4 is 5.32 Å². The summed E-state index contributed by atoms with van der Waals surface area (Å²) in [5.74, 6) is 1.70. The second-order valence-corrected chi connectivity index (χ2v) is 5.62. The third-order valence-electron chi connectivity index (χ3n) is 2.53. The molecule has 0 aliphatic carbocycles. The van der Waals surface area contributed by atoms with Gasteiger partial charge >= 0.3 is 0 Å². The van der Waals surface area contributed by atoms with Crippen molar-refractivity contribution in [1.29, 1.82) is 0 Å². The van der Waals surface area contributed by atoms with Crippen LogP contribution in [-0.4, -0.2) is 28.4 Å². The molecule has 0 saturated heterocycles. The molecule has 0 fully saturated rings.